The van der Waals surface area contributed by atoms with E-state index >= 15 is 0 Å². The summed E-state index contributed by atoms with van der Waals surface area (Å²) in [5.74, 6) is 1.00. The molecule has 0 aliphatic heterocycles. The SMILES string of the molecule is CCCCOc1ccc2ccccc2c1CNCc1ccc(C)cc1. The molecule has 0 unspecified atom stereocenters. The smallest absolute Gasteiger partial charge is 0.124 e. The van der Waals surface area contributed by atoms with E-state index in [1.165, 1.54) is 27.5 Å². The van der Waals surface area contributed by atoms with Gasteiger partial charge in [-0.1, -0.05) is 73.5 Å². The van der Waals surface area contributed by atoms with Crippen molar-refractivity contribution in [2.45, 2.75) is 39.8 Å². The number of aryl methyl sites for hydroxylation is 1. The summed E-state index contributed by atoms with van der Waals surface area (Å²) < 4.78 is 6.06. The van der Waals surface area contributed by atoms with Gasteiger partial charge in [0.2, 0.25) is 0 Å². The lowest BCUT2D eigenvalue weighted by atomic mass is 10.0. The number of fused-ring (bicyclic) bond motifs is 1. The lowest BCUT2D eigenvalue weighted by Crippen LogP contribution is -2.14. The van der Waals surface area contributed by atoms with Crippen molar-refractivity contribution < 1.29 is 4.74 Å². The van der Waals surface area contributed by atoms with Gasteiger partial charge in [-0.05, 0) is 35.7 Å². The minimum Gasteiger partial charge on any atom is -0.493 e. The lowest BCUT2D eigenvalue weighted by molar-refractivity contribution is 0.306. The molecular formula is C23H27NO. The van der Waals surface area contributed by atoms with Crippen LogP contribution in [0, 0.1) is 6.92 Å². The number of nitrogens with one attached hydrogen (secondary N) is 1. The van der Waals surface area contributed by atoms with Gasteiger partial charge in [-0.3, -0.25) is 0 Å². The van der Waals surface area contributed by atoms with Crippen molar-refractivity contribution in [3.63, 3.8) is 0 Å². The van der Waals surface area contributed by atoms with E-state index in [4.69, 9.17) is 4.74 Å². The summed E-state index contributed by atoms with van der Waals surface area (Å²) in [5, 5.41) is 6.11. The van der Waals surface area contributed by atoms with E-state index in [0.29, 0.717) is 0 Å². The first-order valence-electron chi connectivity index (χ1n) is 9.17. The molecule has 0 aromatic heterocycles. The van der Waals surface area contributed by atoms with Gasteiger partial charge in [-0.2, -0.15) is 0 Å². The van der Waals surface area contributed by atoms with E-state index in [2.05, 4.69) is 79.8 Å². The van der Waals surface area contributed by atoms with Crippen LogP contribution in [0.25, 0.3) is 10.8 Å². The summed E-state index contributed by atoms with van der Waals surface area (Å²) in [6, 6.07) is 21.5. The molecule has 0 spiro atoms. The van der Waals surface area contributed by atoms with E-state index < -0.39 is 0 Å². The van der Waals surface area contributed by atoms with Gasteiger partial charge in [-0.25, -0.2) is 0 Å². The fourth-order valence-electron chi connectivity index (χ4n) is 3.00. The van der Waals surface area contributed by atoms with Crippen molar-refractivity contribution in [1.82, 2.24) is 5.32 Å². The van der Waals surface area contributed by atoms with Crippen molar-refractivity contribution in [3.8, 4) is 5.75 Å². The molecule has 0 radical (unpaired) electrons. The molecule has 130 valence electrons. The average molecular weight is 333 g/mol. The molecule has 25 heavy (non-hydrogen) atoms. The van der Waals surface area contributed by atoms with Crippen molar-refractivity contribution in [2.75, 3.05) is 6.61 Å². The zero-order valence-electron chi connectivity index (χ0n) is 15.2. The van der Waals surface area contributed by atoms with E-state index in [-0.39, 0.29) is 0 Å². The van der Waals surface area contributed by atoms with Crippen LogP contribution in [0.5, 0.6) is 5.75 Å². The molecule has 0 aliphatic carbocycles. The van der Waals surface area contributed by atoms with E-state index in [9.17, 15) is 0 Å². The molecule has 2 nitrogen and oxygen atoms in total. The average Bonchev–Trinajstić information content (AvgIpc) is 2.64. The molecule has 0 saturated heterocycles. The predicted octanol–water partition coefficient (Wildman–Crippen LogP) is 5.62. The minimum absolute atomic E-state index is 0.778. The van der Waals surface area contributed by atoms with Crippen LogP contribution < -0.4 is 10.1 Å². The Labute approximate surface area is 150 Å². The molecule has 0 heterocycles. The molecule has 2 heteroatoms. The van der Waals surface area contributed by atoms with Crippen LogP contribution >= 0.6 is 0 Å². The Kier molecular flexibility index (Phi) is 6.08. The molecule has 0 aliphatic rings. The highest BCUT2D eigenvalue weighted by Crippen LogP contribution is 2.28. The lowest BCUT2D eigenvalue weighted by Gasteiger charge is -2.15. The Morgan fingerprint density at radius 1 is 0.880 bits per heavy atom. The maximum absolute atomic E-state index is 6.06. The topological polar surface area (TPSA) is 21.3 Å². The van der Waals surface area contributed by atoms with Gasteiger partial charge in [0, 0.05) is 18.7 Å². The van der Waals surface area contributed by atoms with Crippen LogP contribution in [0.2, 0.25) is 0 Å². The molecule has 3 aromatic rings. The third kappa shape index (κ3) is 4.61. The number of unbranched alkanes of at least 4 members (excludes halogenated alkanes) is 1. The Hall–Kier alpha value is -2.32. The van der Waals surface area contributed by atoms with Crippen LogP contribution in [-0.4, -0.2) is 6.61 Å². The summed E-state index contributed by atoms with van der Waals surface area (Å²) >= 11 is 0. The third-order valence-electron chi connectivity index (χ3n) is 4.50. The van der Waals surface area contributed by atoms with Gasteiger partial charge >= 0.3 is 0 Å². The number of hydrogen-bond donors (Lipinski definition) is 1. The molecule has 1 N–H and O–H groups in total. The normalized spacial score (nSPS) is 11.0. The summed E-state index contributed by atoms with van der Waals surface area (Å²) in [4.78, 5) is 0. The largest absolute Gasteiger partial charge is 0.493 e. The molecule has 0 saturated carbocycles. The fourth-order valence-corrected chi connectivity index (χ4v) is 3.00. The van der Waals surface area contributed by atoms with Crippen molar-refractivity contribution in [2.24, 2.45) is 0 Å². The van der Waals surface area contributed by atoms with Crippen LogP contribution in [0.1, 0.15) is 36.5 Å². The zero-order chi connectivity index (χ0) is 17.5. The zero-order valence-corrected chi connectivity index (χ0v) is 15.2. The second-order valence-corrected chi connectivity index (χ2v) is 6.55. The standard InChI is InChI=1S/C23H27NO/c1-3-4-15-25-23-14-13-20-7-5-6-8-21(20)22(23)17-24-16-19-11-9-18(2)10-12-19/h5-14,24H,3-4,15-17H2,1-2H3. The molecule has 0 atom stereocenters. The van der Waals surface area contributed by atoms with E-state index in [1.807, 2.05) is 0 Å². The predicted molar refractivity (Wildman–Crippen MR) is 106 cm³/mol. The highest BCUT2D eigenvalue weighted by molar-refractivity contribution is 5.87. The molecule has 0 amide bonds. The highest BCUT2D eigenvalue weighted by Gasteiger charge is 2.09. The molecule has 0 bridgehead atoms. The van der Waals surface area contributed by atoms with Crippen molar-refractivity contribution in [1.29, 1.82) is 0 Å². The van der Waals surface area contributed by atoms with Crippen LogP contribution in [0.3, 0.4) is 0 Å². The first-order chi connectivity index (χ1) is 12.3. The van der Waals surface area contributed by atoms with Gasteiger partial charge in [0.05, 0.1) is 6.61 Å². The number of hydrogen-bond acceptors (Lipinski definition) is 2. The van der Waals surface area contributed by atoms with Gasteiger partial charge in [0.25, 0.3) is 0 Å². The Bertz CT molecular complexity index is 808. The monoisotopic (exact) mass is 333 g/mol. The number of ether oxygens (including phenoxy) is 1. The minimum atomic E-state index is 0.778. The molecule has 3 rings (SSSR count). The Balaban J connectivity index is 1.76. The van der Waals surface area contributed by atoms with Crippen LogP contribution in [-0.2, 0) is 13.1 Å². The summed E-state index contributed by atoms with van der Waals surface area (Å²) in [6.07, 6.45) is 2.23. The first-order valence-corrected chi connectivity index (χ1v) is 9.17. The van der Waals surface area contributed by atoms with Crippen molar-refractivity contribution in [3.05, 3.63) is 77.4 Å². The Morgan fingerprint density at radius 2 is 1.68 bits per heavy atom. The van der Waals surface area contributed by atoms with Crippen LogP contribution in [0.15, 0.2) is 60.7 Å². The maximum atomic E-state index is 6.06. The summed E-state index contributed by atoms with van der Waals surface area (Å²) in [7, 11) is 0. The van der Waals surface area contributed by atoms with Gasteiger partial charge < -0.3 is 10.1 Å². The van der Waals surface area contributed by atoms with Gasteiger partial charge in [0.15, 0.2) is 0 Å². The maximum Gasteiger partial charge on any atom is 0.124 e. The molecule has 3 aromatic carbocycles. The molecular weight excluding hydrogens is 306 g/mol. The second kappa shape index (κ2) is 8.68. The number of benzene rings is 3. The van der Waals surface area contributed by atoms with Crippen molar-refractivity contribution >= 4 is 10.8 Å². The summed E-state index contributed by atoms with van der Waals surface area (Å²) in [5.41, 5.74) is 3.85. The van der Waals surface area contributed by atoms with E-state index in [1.54, 1.807) is 0 Å². The third-order valence-corrected chi connectivity index (χ3v) is 4.50. The van der Waals surface area contributed by atoms with Crippen LogP contribution in [0.4, 0.5) is 0 Å². The quantitative estimate of drug-likeness (QED) is 0.540. The fraction of sp³-hybridized carbons (Fsp3) is 0.304. The van der Waals surface area contributed by atoms with E-state index in [0.717, 1.165) is 38.3 Å². The van der Waals surface area contributed by atoms with Gasteiger partial charge in [-0.15, -0.1) is 0 Å². The Morgan fingerprint density at radius 3 is 2.48 bits per heavy atom. The highest BCUT2D eigenvalue weighted by atomic mass is 16.5. The first kappa shape index (κ1) is 17.5. The van der Waals surface area contributed by atoms with Gasteiger partial charge in [0.1, 0.15) is 5.75 Å². The summed E-state index contributed by atoms with van der Waals surface area (Å²) in [6.45, 7) is 6.75. The second-order valence-electron chi connectivity index (χ2n) is 6.55. The molecule has 0 fully saturated rings. The number of rotatable bonds is 8.